The van der Waals surface area contributed by atoms with Crippen LogP contribution in [0.25, 0.3) is 0 Å². The molecular weight excluding hydrogens is 292 g/mol. The first-order valence-corrected chi connectivity index (χ1v) is 7.60. The van der Waals surface area contributed by atoms with E-state index in [0.717, 1.165) is 18.7 Å². The number of benzene rings is 2. The number of methoxy groups -OCH3 is 1. The van der Waals surface area contributed by atoms with Gasteiger partial charge in [-0.05, 0) is 28.8 Å². The minimum Gasteiger partial charge on any atom is -0.493 e. The minimum atomic E-state index is -0.158. The molecule has 5 heteroatoms. The molecular formula is C18H20N2O3. The molecule has 0 fully saturated rings. The van der Waals surface area contributed by atoms with Crippen LogP contribution in [0.2, 0.25) is 0 Å². The molecule has 5 nitrogen and oxygen atoms in total. The minimum absolute atomic E-state index is 0.0349. The quantitative estimate of drug-likeness (QED) is 0.856. The van der Waals surface area contributed by atoms with Crippen LogP contribution < -0.4 is 20.1 Å². The molecule has 0 radical (unpaired) electrons. The number of para-hydroxylation sites is 2. The van der Waals surface area contributed by atoms with Crippen LogP contribution in [0, 0.1) is 0 Å². The van der Waals surface area contributed by atoms with E-state index in [0.29, 0.717) is 18.0 Å². The molecule has 0 saturated heterocycles. The Balaban J connectivity index is 1.50. The maximum Gasteiger partial charge on any atom is 0.258 e. The van der Waals surface area contributed by atoms with Crippen molar-refractivity contribution in [3.63, 3.8) is 0 Å². The van der Waals surface area contributed by atoms with E-state index in [1.807, 2.05) is 18.2 Å². The molecule has 0 aliphatic carbocycles. The molecule has 1 aliphatic heterocycles. The SMILES string of the molecule is COc1ccccc1OCC(=O)NCc1ccc2c(c1)CNC2. The lowest BCUT2D eigenvalue weighted by atomic mass is 10.1. The lowest BCUT2D eigenvalue weighted by Crippen LogP contribution is -2.28. The Kier molecular flexibility index (Phi) is 4.78. The molecule has 1 heterocycles. The molecule has 0 aromatic heterocycles. The van der Waals surface area contributed by atoms with Gasteiger partial charge in [0.1, 0.15) is 0 Å². The van der Waals surface area contributed by atoms with E-state index >= 15 is 0 Å². The normalized spacial score (nSPS) is 12.6. The Morgan fingerprint density at radius 3 is 2.74 bits per heavy atom. The third-order valence-corrected chi connectivity index (χ3v) is 3.82. The molecule has 23 heavy (non-hydrogen) atoms. The highest BCUT2D eigenvalue weighted by molar-refractivity contribution is 5.77. The highest BCUT2D eigenvalue weighted by Gasteiger charge is 2.11. The summed E-state index contributed by atoms with van der Waals surface area (Å²) in [4.78, 5) is 11.9. The van der Waals surface area contributed by atoms with Gasteiger partial charge in [0.15, 0.2) is 18.1 Å². The van der Waals surface area contributed by atoms with Crippen molar-refractivity contribution in [3.8, 4) is 11.5 Å². The van der Waals surface area contributed by atoms with E-state index in [1.165, 1.54) is 11.1 Å². The first-order valence-electron chi connectivity index (χ1n) is 7.60. The van der Waals surface area contributed by atoms with Crippen molar-refractivity contribution in [1.29, 1.82) is 0 Å². The van der Waals surface area contributed by atoms with Crippen molar-refractivity contribution in [3.05, 3.63) is 59.2 Å². The van der Waals surface area contributed by atoms with Gasteiger partial charge in [0.2, 0.25) is 0 Å². The van der Waals surface area contributed by atoms with Gasteiger partial charge in [-0.15, -0.1) is 0 Å². The monoisotopic (exact) mass is 312 g/mol. The maximum atomic E-state index is 11.9. The smallest absolute Gasteiger partial charge is 0.258 e. The standard InChI is InChI=1S/C18H20N2O3/c1-22-16-4-2-3-5-17(16)23-12-18(21)20-9-13-6-7-14-10-19-11-15(14)8-13/h2-8,19H,9-12H2,1H3,(H,20,21). The van der Waals surface area contributed by atoms with Crippen LogP contribution in [-0.2, 0) is 24.4 Å². The summed E-state index contributed by atoms with van der Waals surface area (Å²) in [5, 5.41) is 6.18. The number of fused-ring (bicyclic) bond motifs is 1. The number of carbonyl (C=O) groups excluding carboxylic acids is 1. The second-order valence-electron chi connectivity index (χ2n) is 5.42. The first-order chi connectivity index (χ1) is 11.3. The van der Waals surface area contributed by atoms with Crippen molar-refractivity contribution >= 4 is 5.91 Å². The molecule has 3 rings (SSSR count). The van der Waals surface area contributed by atoms with Crippen molar-refractivity contribution in [2.24, 2.45) is 0 Å². The molecule has 0 unspecified atom stereocenters. The van der Waals surface area contributed by atoms with Gasteiger partial charge in [0, 0.05) is 19.6 Å². The molecule has 2 aromatic rings. The number of hydrogen-bond donors (Lipinski definition) is 2. The summed E-state index contributed by atoms with van der Waals surface area (Å²) in [5.74, 6) is 1.02. The molecule has 2 N–H and O–H groups in total. The average Bonchev–Trinajstić information content (AvgIpc) is 3.06. The fraction of sp³-hybridized carbons (Fsp3) is 0.278. The Bertz CT molecular complexity index is 700. The van der Waals surface area contributed by atoms with Crippen molar-refractivity contribution in [1.82, 2.24) is 10.6 Å². The van der Waals surface area contributed by atoms with Crippen LogP contribution in [0.15, 0.2) is 42.5 Å². The molecule has 0 atom stereocenters. The molecule has 2 aromatic carbocycles. The van der Waals surface area contributed by atoms with Crippen LogP contribution in [0.5, 0.6) is 11.5 Å². The van der Waals surface area contributed by atoms with Crippen LogP contribution in [0.3, 0.4) is 0 Å². The summed E-state index contributed by atoms with van der Waals surface area (Å²) in [6, 6.07) is 13.6. The van der Waals surface area contributed by atoms with Gasteiger partial charge < -0.3 is 20.1 Å². The average molecular weight is 312 g/mol. The summed E-state index contributed by atoms with van der Waals surface area (Å²) in [7, 11) is 1.57. The Labute approximate surface area is 135 Å². The van der Waals surface area contributed by atoms with Gasteiger partial charge in [0.05, 0.1) is 7.11 Å². The molecule has 120 valence electrons. The first kappa shape index (κ1) is 15.4. The zero-order valence-corrected chi connectivity index (χ0v) is 13.1. The molecule has 1 aliphatic rings. The summed E-state index contributed by atoms with van der Waals surface area (Å²) >= 11 is 0. The van der Waals surface area contributed by atoms with Crippen LogP contribution >= 0.6 is 0 Å². The van der Waals surface area contributed by atoms with Gasteiger partial charge in [-0.3, -0.25) is 4.79 Å². The van der Waals surface area contributed by atoms with Crippen LogP contribution in [0.1, 0.15) is 16.7 Å². The zero-order chi connectivity index (χ0) is 16.1. The van der Waals surface area contributed by atoms with Gasteiger partial charge in [0.25, 0.3) is 5.91 Å². The van der Waals surface area contributed by atoms with Gasteiger partial charge in [-0.25, -0.2) is 0 Å². The van der Waals surface area contributed by atoms with Gasteiger partial charge in [-0.1, -0.05) is 30.3 Å². The van der Waals surface area contributed by atoms with Crippen molar-refractivity contribution in [2.45, 2.75) is 19.6 Å². The Morgan fingerprint density at radius 1 is 1.13 bits per heavy atom. The summed E-state index contributed by atoms with van der Waals surface area (Å²) in [5.41, 5.74) is 3.74. The predicted molar refractivity (Wildman–Crippen MR) is 87.3 cm³/mol. The highest BCUT2D eigenvalue weighted by atomic mass is 16.5. The summed E-state index contributed by atoms with van der Waals surface area (Å²) in [6.45, 7) is 2.29. The lowest BCUT2D eigenvalue weighted by molar-refractivity contribution is -0.123. The Morgan fingerprint density at radius 2 is 1.91 bits per heavy atom. The van der Waals surface area contributed by atoms with E-state index in [9.17, 15) is 4.79 Å². The molecule has 1 amide bonds. The second-order valence-corrected chi connectivity index (χ2v) is 5.42. The number of amides is 1. The predicted octanol–water partition coefficient (Wildman–Crippen LogP) is 1.99. The van der Waals surface area contributed by atoms with Crippen LogP contribution in [0.4, 0.5) is 0 Å². The van der Waals surface area contributed by atoms with E-state index in [2.05, 4.69) is 22.8 Å². The second kappa shape index (κ2) is 7.15. The van der Waals surface area contributed by atoms with Gasteiger partial charge in [-0.2, -0.15) is 0 Å². The number of hydrogen-bond acceptors (Lipinski definition) is 4. The highest BCUT2D eigenvalue weighted by Crippen LogP contribution is 2.25. The lowest BCUT2D eigenvalue weighted by Gasteiger charge is -2.11. The van der Waals surface area contributed by atoms with E-state index in [-0.39, 0.29) is 12.5 Å². The fourth-order valence-corrected chi connectivity index (χ4v) is 2.59. The number of ether oxygens (including phenoxy) is 2. The third-order valence-electron chi connectivity index (χ3n) is 3.82. The fourth-order valence-electron chi connectivity index (χ4n) is 2.59. The van der Waals surface area contributed by atoms with E-state index in [1.54, 1.807) is 19.2 Å². The number of nitrogens with one attached hydrogen (secondary N) is 2. The molecule has 0 spiro atoms. The van der Waals surface area contributed by atoms with E-state index < -0.39 is 0 Å². The van der Waals surface area contributed by atoms with E-state index in [4.69, 9.17) is 9.47 Å². The number of rotatable bonds is 6. The largest absolute Gasteiger partial charge is 0.493 e. The maximum absolute atomic E-state index is 11.9. The molecule has 0 bridgehead atoms. The summed E-state index contributed by atoms with van der Waals surface area (Å²) < 4.78 is 10.7. The van der Waals surface area contributed by atoms with Crippen LogP contribution in [-0.4, -0.2) is 19.6 Å². The van der Waals surface area contributed by atoms with Crippen molar-refractivity contribution < 1.29 is 14.3 Å². The third kappa shape index (κ3) is 3.81. The zero-order valence-electron chi connectivity index (χ0n) is 13.1. The topological polar surface area (TPSA) is 59.6 Å². The Hall–Kier alpha value is -2.53. The van der Waals surface area contributed by atoms with Gasteiger partial charge >= 0.3 is 0 Å². The molecule has 0 saturated carbocycles. The van der Waals surface area contributed by atoms with Crippen molar-refractivity contribution in [2.75, 3.05) is 13.7 Å². The summed E-state index contributed by atoms with van der Waals surface area (Å²) in [6.07, 6.45) is 0. The number of carbonyl (C=O) groups is 1.